The molecule has 0 saturated heterocycles. The molecule has 0 spiro atoms. The summed E-state index contributed by atoms with van der Waals surface area (Å²) in [7, 11) is 0. The van der Waals surface area contributed by atoms with Crippen LogP contribution in [0.15, 0.2) is 18.3 Å². The van der Waals surface area contributed by atoms with Crippen molar-refractivity contribution in [3.63, 3.8) is 0 Å². The van der Waals surface area contributed by atoms with E-state index in [-0.39, 0.29) is 11.6 Å². The molecule has 0 amide bonds. The van der Waals surface area contributed by atoms with Gasteiger partial charge in [-0.15, -0.1) is 0 Å². The van der Waals surface area contributed by atoms with Gasteiger partial charge in [-0.05, 0) is 18.1 Å². The van der Waals surface area contributed by atoms with Crippen LogP contribution >= 0.6 is 11.6 Å². The summed E-state index contributed by atoms with van der Waals surface area (Å²) in [5.41, 5.74) is 1.37. The molecule has 4 nitrogen and oxygen atoms in total. The lowest BCUT2D eigenvalue weighted by atomic mass is 10.1. The van der Waals surface area contributed by atoms with E-state index in [4.69, 9.17) is 16.7 Å². The normalized spacial score (nSPS) is 11.2. The maximum Gasteiger partial charge on any atom is 0.356 e. The number of carbonyl (C=O) groups is 1. The van der Waals surface area contributed by atoms with Crippen LogP contribution in [0.4, 0.5) is 0 Å². The Kier molecular flexibility index (Phi) is 2.59. The van der Waals surface area contributed by atoms with Crippen LogP contribution in [0.1, 0.15) is 35.9 Å². The van der Waals surface area contributed by atoms with Gasteiger partial charge in [0.2, 0.25) is 0 Å². The van der Waals surface area contributed by atoms with E-state index in [9.17, 15) is 4.79 Å². The number of rotatable bonds is 2. The summed E-state index contributed by atoms with van der Waals surface area (Å²) in [6.45, 7) is 3.85. The first-order valence-electron chi connectivity index (χ1n) is 4.91. The van der Waals surface area contributed by atoms with E-state index in [0.717, 1.165) is 0 Å². The van der Waals surface area contributed by atoms with Gasteiger partial charge in [-0.25, -0.2) is 9.78 Å². The lowest BCUT2D eigenvalue weighted by Gasteiger charge is -2.06. The number of fused-ring (bicyclic) bond motifs is 1. The summed E-state index contributed by atoms with van der Waals surface area (Å²) in [5, 5.41) is 9.64. The van der Waals surface area contributed by atoms with Gasteiger partial charge in [0.05, 0.1) is 10.7 Å². The minimum absolute atomic E-state index is 0.0690. The first kappa shape index (κ1) is 11.0. The van der Waals surface area contributed by atoms with Crippen LogP contribution in [-0.2, 0) is 0 Å². The number of pyridine rings is 1. The van der Waals surface area contributed by atoms with Crippen LogP contribution in [-0.4, -0.2) is 20.5 Å². The predicted octanol–water partition coefficient (Wildman–Crippen LogP) is 2.81. The molecule has 0 aromatic carbocycles. The molecule has 0 saturated carbocycles. The average Bonchev–Trinajstić information content (AvgIpc) is 2.55. The topological polar surface area (TPSA) is 54.6 Å². The number of hydrogen-bond acceptors (Lipinski definition) is 2. The molecule has 0 aliphatic rings. The van der Waals surface area contributed by atoms with E-state index >= 15 is 0 Å². The fraction of sp³-hybridized carbons (Fsp3) is 0.273. The van der Waals surface area contributed by atoms with Gasteiger partial charge in [-0.1, -0.05) is 25.4 Å². The first-order valence-corrected chi connectivity index (χ1v) is 5.29. The largest absolute Gasteiger partial charge is 0.476 e. The Morgan fingerprint density at radius 1 is 1.50 bits per heavy atom. The molecule has 84 valence electrons. The Morgan fingerprint density at radius 2 is 2.19 bits per heavy atom. The Bertz CT molecular complexity index is 560. The summed E-state index contributed by atoms with van der Waals surface area (Å²) < 4.78 is 1.73. The maximum atomic E-state index is 11.1. The van der Waals surface area contributed by atoms with Crippen LogP contribution in [0.3, 0.4) is 0 Å². The fourth-order valence-electron chi connectivity index (χ4n) is 1.75. The van der Waals surface area contributed by atoms with E-state index in [0.29, 0.717) is 16.4 Å². The highest BCUT2D eigenvalue weighted by molar-refractivity contribution is 6.30. The summed E-state index contributed by atoms with van der Waals surface area (Å²) >= 11 is 5.89. The van der Waals surface area contributed by atoms with Crippen molar-refractivity contribution in [1.82, 2.24) is 9.38 Å². The van der Waals surface area contributed by atoms with Crippen molar-refractivity contribution < 1.29 is 9.90 Å². The number of halogens is 1. The summed E-state index contributed by atoms with van der Waals surface area (Å²) in [5.74, 6) is -0.942. The van der Waals surface area contributed by atoms with Gasteiger partial charge in [-0.3, -0.25) is 0 Å². The van der Waals surface area contributed by atoms with Gasteiger partial charge in [0.15, 0.2) is 5.69 Å². The van der Waals surface area contributed by atoms with Crippen molar-refractivity contribution >= 4 is 23.2 Å². The van der Waals surface area contributed by atoms with Gasteiger partial charge in [0.1, 0.15) is 5.65 Å². The van der Waals surface area contributed by atoms with Crippen LogP contribution < -0.4 is 0 Å². The van der Waals surface area contributed by atoms with Gasteiger partial charge >= 0.3 is 5.97 Å². The number of carboxylic acid groups (broad SMARTS) is 1. The standard InChI is InChI=1S/C11H11ClN2O2/c1-6(2)10-9(11(15)16)13-8-4-3-7(12)5-14(8)10/h3-6H,1-2H3,(H,15,16). The quantitative estimate of drug-likeness (QED) is 0.875. The number of aromatic nitrogens is 2. The molecule has 0 atom stereocenters. The highest BCUT2D eigenvalue weighted by Crippen LogP contribution is 2.23. The molecule has 2 rings (SSSR count). The second kappa shape index (κ2) is 3.79. The van der Waals surface area contributed by atoms with Crippen LogP contribution in [0, 0.1) is 0 Å². The Morgan fingerprint density at radius 3 is 2.75 bits per heavy atom. The summed E-state index contributed by atoms with van der Waals surface area (Å²) in [6, 6.07) is 3.40. The van der Waals surface area contributed by atoms with Crippen molar-refractivity contribution in [2.24, 2.45) is 0 Å². The lowest BCUT2D eigenvalue weighted by molar-refractivity contribution is 0.0689. The predicted molar refractivity (Wildman–Crippen MR) is 61.3 cm³/mol. The minimum Gasteiger partial charge on any atom is -0.476 e. The highest BCUT2D eigenvalue weighted by atomic mass is 35.5. The van der Waals surface area contributed by atoms with Crippen molar-refractivity contribution in [2.45, 2.75) is 19.8 Å². The molecule has 1 N–H and O–H groups in total. The number of nitrogens with zero attached hydrogens (tertiary/aromatic N) is 2. The zero-order valence-electron chi connectivity index (χ0n) is 8.94. The molecule has 0 fully saturated rings. The van der Waals surface area contributed by atoms with Crippen molar-refractivity contribution in [1.29, 1.82) is 0 Å². The van der Waals surface area contributed by atoms with Crippen LogP contribution in [0.5, 0.6) is 0 Å². The molecule has 2 aromatic rings. The summed E-state index contributed by atoms with van der Waals surface area (Å²) in [4.78, 5) is 15.2. The summed E-state index contributed by atoms with van der Waals surface area (Å²) in [6.07, 6.45) is 1.69. The van der Waals surface area contributed by atoms with Crippen LogP contribution in [0.2, 0.25) is 5.02 Å². The van der Waals surface area contributed by atoms with Crippen LogP contribution in [0.25, 0.3) is 5.65 Å². The molecular weight excluding hydrogens is 228 g/mol. The molecule has 5 heteroatoms. The number of aromatic carboxylic acids is 1. The van der Waals surface area contributed by atoms with E-state index < -0.39 is 5.97 Å². The van der Waals surface area contributed by atoms with E-state index in [1.165, 1.54) is 0 Å². The molecule has 2 heterocycles. The third-order valence-electron chi connectivity index (χ3n) is 2.37. The van der Waals surface area contributed by atoms with E-state index in [2.05, 4.69) is 4.98 Å². The zero-order valence-corrected chi connectivity index (χ0v) is 9.69. The molecule has 0 aliphatic carbocycles. The Hall–Kier alpha value is -1.55. The third-order valence-corrected chi connectivity index (χ3v) is 2.59. The molecule has 0 bridgehead atoms. The molecule has 0 unspecified atom stereocenters. The fourth-order valence-corrected chi connectivity index (χ4v) is 1.91. The van der Waals surface area contributed by atoms with E-state index in [1.807, 2.05) is 13.8 Å². The smallest absolute Gasteiger partial charge is 0.356 e. The SMILES string of the molecule is CC(C)c1c(C(=O)O)nc2ccc(Cl)cn12. The van der Waals surface area contributed by atoms with Gasteiger partial charge < -0.3 is 9.51 Å². The Balaban J connectivity index is 2.82. The lowest BCUT2D eigenvalue weighted by Crippen LogP contribution is -2.04. The second-order valence-electron chi connectivity index (χ2n) is 3.88. The number of carboxylic acids is 1. The zero-order chi connectivity index (χ0) is 11.9. The third kappa shape index (κ3) is 1.65. The van der Waals surface area contributed by atoms with Gasteiger partial charge in [0.25, 0.3) is 0 Å². The maximum absolute atomic E-state index is 11.1. The number of imidazole rings is 1. The minimum atomic E-state index is -1.01. The van der Waals surface area contributed by atoms with E-state index in [1.54, 1.807) is 22.7 Å². The number of hydrogen-bond donors (Lipinski definition) is 1. The second-order valence-corrected chi connectivity index (χ2v) is 4.32. The highest BCUT2D eigenvalue weighted by Gasteiger charge is 2.20. The molecule has 2 aromatic heterocycles. The van der Waals surface area contributed by atoms with Crippen molar-refractivity contribution in [3.8, 4) is 0 Å². The molecule has 0 aliphatic heterocycles. The van der Waals surface area contributed by atoms with Gasteiger partial charge in [0, 0.05) is 6.20 Å². The molecule has 16 heavy (non-hydrogen) atoms. The van der Waals surface area contributed by atoms with Crippen molar-refractivity contribution in [3.05, 3.63) is 34.7 Å². The monoisotopic (exact) mass is 238 g/mol. The Labute approximate surface area is 97.5 Å². The first-order chi connectivity index (χ1) is 7.50. The average molecular weight is 239 g/mol. The van der Waals surface area contributed by atoms with Crippen molar-refractivity contribution in [2.75, 3.05) is 0 Å². The van der Waals surface area contributed by atoms with Gasteiger partial charge in [-0.2, -0.15) is 0 Å². The molecule has 0 radical (unpaired) electrons. The molecular formula is C11H11ClN2O2.